The molecule has 1 unspecified atom stereocenters. The third-order valence-corrected chi connectivity index (χ3v) is 9.38. The number of methoxy groups -OCH3 is 1. The predicted octanol–water partition coefficient (Wildman–Crippen LogP) is 10.9. The molecule has 0 amide bonds. The van der Waals surface area contributed by atoms with E-state index >= 15 is 0 Å². The van der Waals surface area contributed by atoms with E-state index in [1.165, 1.54) is 57.8 Å². The Hall–Kier alpha value is -4.32. The smallest absolute Gasteiger partial charge is 0.143 e. The van der Waals surface area contributed by atoms with Crippen LogP contribution >= 0.6 is 0 Å². The number of unbranched alkanes of at least 4 members (excludes halogenated alkanes) is 9. The number of ether oxygens (including phenoxy) is 4. The van der Waals surface area contributed by atoms with Gasteiger partial charge < -0.3 is 24.1 Å². The molecule has 0 aliphatic carbocycles. The van der Waals surface area contributed by atoms with Crippen LogP contribution in [-0.2, 0) is 10.3 Å². The molecule has 0 aliphatic rings. The van der Waals surface area contributed by atoms with Gasteiger partial charge in [0.25, 0.3) is 0 Å². The number of hydrogen-bond donors (Lipinski definition) is 1. The summed E-state index contributed by atoms with van der Waals surface area (Å²) in [5, 5.41) is 13.3. The molecule has 5 nitrogen and oxygen atoms in total. The number of benzene rings is 5. The number of rotatable bonds is 22. The minimum atomic E-state index is -0.963. The molecule has 1 atom stereocenters. The van der Waals surface area contributed by atoms with Crippen LogP contribution in [0, 0.1) is 0 Å². The molecule has 264 valence electrons. The largest absolute Gasteiger partial charge is 0.497 e. The van der Waals surface area contributed by atoms with Gasteiger partial charge in [-0.3, -0.25) is 0 Å². The summed E-state index contributed by atoms with van der Waals surface area (Å²) in [6.07, 6.45) is 12.1. The molecule has 0 heterocycles. The van der Waals surface area contributed by atoms with E-state index in [0.29, 0.717) is 12.4 Å². The van der Waals surface area contributed by atoms with Crippen molar-refractivity contribution in [2.24, 2.45) is 0 Å². The van der Waals surface area contributed by atoms with Crippen LogP contribution in [0.2, 0.25) is 0 Å². The molecule has 0 aromatic heterocycles. The maximum atomic E-state index is 11.3. The zero-order chi connectivity index (χ0) is 34.9. The zero-order valence-corrected chi connectivity index (χ0v) is 29.9. The molecule has 1 N–H and O–H groups in total. The topological polar surface area (TPSA) is 57.2 Å². The monoisotopic (exact) mass is 674 g/mol. The molecule has 5 aromatic carbocycles. The third-order valence-electron chi connectivity index (χ3n) is 9.38. The van der Waals surface area contributed by atoms with Crippen LogP contribution in [0.1, 0.15) is 87.8 Å². The molecule has 0 fully saturated rings. The van der Waals surface area contributed by atoms with Crippen LogP contribution in [-0.4, -0.2) is 38.1 Å². The summed E-state index contributed by atoms with van der Waals surface area (Å²) in [5.41, 5.74) is 1.89. The van der Waals surface area contributed by atoms with Gasteiger partial charge in [0.2, 0.25) is 0 Å². The predicted molar refractivity (Wildman–Crippen MR) is 205 cm³/mol. The normalized spacial score (nSPS) is 12.1. The average Bonchev–Trinajstić information content (AvgIpc) is 3.17. The molecule has 0 aliphatic heterocycles. The fraction of sp³-hybridized carbons (Fsp3) is 0.378. The Balaban J connectivity index is 1.21. The quantitative estimate of drug-likeness (QED) is 0.0585. The molecule has 5 heteroatoms. The third kappa shape index (κ3) is 9.89. The van der Waals surface area contributed by atoms with Crippen molar-refractivity contribution in [3.8, 4) is 17.2 Å². The van der Waals surface area contributed by atoms with Crippen molar-refractivity contribution in [3.05, 3.63) is 138 Å². The molecular weight excluding hydrogens is 620 g/mol. The molecular formula is C45H54O5. The Kier molecular flexibility index (Phi) is 14.6. The number of aliphatic hydroxyl groups is 1. The van der Waals surface area contributed by atoms with Gasteiger partial charge in [0, 0.05) is 10.8 Å². The standard InChI is InChI=1S/C45H54O5/c1-3-4-5-6-7-8-9-10-11-18-33-48-43-27-19-26-42-41(43)25-20-28-44(42)49-34-39(46)35-50-45(36-21-14-12-15-22-36,37-23-16-13-17-24-37)38-29-31-40(47-2)32-30-38/h12-17,19-32,39,46H,3-11,18,33-35H2,1-2H3. The van der Waals surface area contributed by atoms with E-state index in [4.69, 9.17) is 18.9 Å². The van der Waals surface area contributed by atoms with Gasteiger partial charge in [0.1, 0.15) is 35.6 Å². The highest BCUT2D eigenvalue weighted by Crippen LogP contribution is 2.41. The van der Waals surface area contributed by atoms with E-state index < -0.39 is 11.7 Å². The lowest BCUT2D eigenvalue weighted by atomic mass is 9.80. The second-order valence-corrected chi connectivity index (χ2v) is 13.1. The van der Waals surface area contributed by atoms with Gasteiger partial charge >= 0.3 is 0 Å². The van der Waals surface area contributed by atoms with Crippen LogP contribution in [0.15, 0.2) is 121 Å². The second kappa shape index (κ2) is 19.8. The fourth-order valence-corrected chi connectivity index (χ4v) is 6.65. The summed E-state index contributed by atoms with van der Waals surface area (Å²) in [5.74, 6) is 2.33. The minimum absolute atomic E-state index is 0.0494. The number of aliphatic hydroxyl groups excluding tert-OH is 1. The average molecular weight is 675 g/mol. The SMILES string of the molecule is CCCCCCCCCCCCOc1cccc2c(OCC(O)COC(c3ccccc3)(c3ccccc3)c3ccc(OC)cc3)cccc12. The van der Waals surface area contributed by atoms with Crippen LogP contribution in [0.3, 0.4) is 0 Å². The minimum Gasteiger partial charge on any atom is -0.497 e. The first kappa shape index (κ1) is 36.9. The maximum Gasteiger partial charge on any atom is 0.143 e. The lowest BCUT2D eigenvalue weighted by Gasteiger charge is -2.36. The van der Waals surface area contributed by atoms with Gasteiger partial charge in [-0.15, -0.1) is 0 Å². The number of fused-ring (bicyclic) bond motifs is 1. The van der Waals surface area contributed by atoms with Crippen molar-refractivity contribution >= 4 is 10.8 Å². The van der Waals surface area contributed by atoms with E-state index in [2.05, 4.69) is 37.3 Å². The Morgan fingerprint density at radius 1 is 0.520 bits per heavy atom. The lowest BCUT2D eigenvalue weighted by Crippen LogP contribution is -2.37. The zero-order valence-electron chi connectivity index (χ0n) is 29.9. The first-order chi connectivity index (χ1) is 24.7. The highest BCUT2D eigenvalue weighted by Gasteiger charge is 2.38. The Morgan fingerprint density at radius 3 is 1.56 bits per heavy atom. The molecule has 0 radical (unpaired) electrons. The summed E-state index contributed by atoms with van der Waals surface area (Å²) in [4.78, 5) is 0. The first-order valence-corrected chi connectivity index (χ1v) is 18.5. The van der Waals surface area contributed by atoms with E-state index in [1.807, 2.05) is 91.0 Å². The van der Waals surface area contributed by atoms with E-state index in [1.54, 1.807) is 7.11 Å². The molecule has 5 aromatic rings. The highest BCUT2D eigenvalue weighted by atomic mass is 16.5. The highest BCUT2D eigenvalue weighted by molar-refractivity contribution is 5.93. The second-order valence-electron chi connectivity index (χ2n) is 13.1. The molecule has 0 spiro atoms. The van der Waals surface area contributed by atoms with Crippen molar-refractivity contribution in [2.45, 2.75) is 82.8 Å². The lowest BCUT2D eigenvalue weighted by molar-refractivity contribution is -0.0492. The molecule has 50 heavy (non-hydrogen) atoms. The van der Waals surface area contributed by atoms with Gasteiger partial charge in [0.15, 0.2) is 0 Å². The molecule has 0 saturated heterocycles. The Bertz CT molecular complexity index is 1630. The first-order valence-electron chi connectivity index (χ1n) is 18.5. The molecule has 5 rings (SSSR count). The van der Waals surface area contributed by atoms with Crippen LogP contribution in [0.4, 0.5) is 0 Å². The summed E-state index contributed by atoms with van der Waals surface area (Å²) in [7, 11) is 1.66. The van der Waals surface area contributed by atoms with Crippen molar-refractivity contribution in [1.82, 2.24) is 0 Å². The molecule has 0 saturated carbocycles. The van der Waals surface area contributed by atoms with Crippen molar-refractivity contribution in [1.29, 1.82) is 0 Å². The van der Waals surface area contributed by atoms with Gasteiger partial charge in [-0.05, 0) is 47.4 Å². The molecule has 0 bridgehead atoms. The Labute approximate surface area is 299 Å². The van der Waals surface area contributed by atoms with E-state index in [9.17, 15) is 5.11 Å². The van der Waals surface area contributed by atoms with E-state index in [-0.39, 0.29) is 13.2 Å². The summed E-state index contributed by atoms with van der Waals surface area (Å²) < 4.78 is 24.8. The number of hydrogen-bond acceptors (Lipinski definition) is 5. The van der Waals surface area contributed by atoms with Crippen LogP contribution in [0.5, 0.6) is 17.2 Å². The van der Waals surface area contributed by atoms with Gasteiger partial charge in [-0.25, -0.2) is 0 Å². The van der Waals surface area contributed by atoms with Gasteiger partial charge in [-0.1, -0.05) is 162 Å². The van der Waals surface area contributed by atoms with Crippen molar-refractivity contribution in [2.75, 3.05) is 26.9 Å². The van der Waals surface area contributed by atoms with E-state index in [0.717, 1.165) is 45.4 Å². The van der Waals surface area contributed by atoms with Gasteiger partial charge in [-0.2, -0.15) is 0 Å². The summed E-state index contributed by atoms with van der Waals surface area (Å²) in [6.45, 7) is 3.10. The van der Waals surface area contributed by atoms with Crippen molar-refractivity contribution < 1.29 is 24.1 Å². The Morgan fingerprint density at radius 2 is 1.02 bits per heavy atom. The van der Waals surface area contributed by atoms with Crippen LogP contribution in [0.25, 0.3) is 10.8 Å². The fourth-order valence-electron chi connectivity index (χ4n) is 6.65. The summed E-state index contributed by atoms with van der Waals surface area (Å²) in [6, 6.07) is 40.3. The van der Waals surface area contributed by atoms with Crippen molar-refractivity contribution in [3.63, 3.8) is 0 Å². The van der Waals surface area contributed by atoms with Crippen LogP contribution < -0.4 is 14.2 Å². The van der Waals surface area contributed by atoms with Gasteiger partial charge in [0.05, 0.1) is 20.3 Å². The maximum absolute atomic E-state index is 11.3. The summed E-state index contributed by atoms with van der Waals surface area (Å²) >= 11 is 0.